The van der Waals surface area contributed by atoms with Gasteiger partial charge < -0.3 is 10.6 Å². The minimum absolute atomic E-state index is 0.327. The Balaban J connectivity index is 0.000000847. The first kappa shape index (κ1) is 15.8. The molecule has 0 unspecified atom stereocenters. The summed E-state index contributed by atoms with van der Waals surface area (Å²) in [5.74, 6) is 0. The van der Waals surface area contributed by atoms with Crippen LogP contribution in [0.4, 0.5) is 16.2 Å². The lowest BCUT2D eigenvalue weighted by molar-refractivity contribution is 0.262. The molecule has 0 fully saturated rings. The van der Waals surface area contributed by atoms with Crippen LogP contribution < -0.4 is 10.6 Å². The molecule has 3 aromatic heterocycles. The minimum Gasteiger partial charge on any atom is -0.308 e. The number of hydrogen-bond donors (Lipinski definition) is 2. The first-order valence-corrected chi connectivity index (χ1v) is 7.78. The van der Waals surface area contributed by atoms with Gasteiger partial charge in [0.25, 0.3) is 0 Å². The fourth-order valence-electron chi connectivity index (χ4n) is 1.74. The van der Waals surface area contributed by atoms with Crippen molar-refractivity contribution in [2.45, 2.75) is 20.8 Å². The highest BCUT2D eigenvalue weighted by Gasteiger charge is 2.05. The van der Waals surface area contributed by atoms with Crippen molar-refractivity contribution in [2.75, 3.05) is 10.6 Å². The number of aromatic nitrogens is 3. The first-order chi connectivity index (χ1) is 10.7. The standard InChI is InChI=1S/C13H11N5OS.C2H6/c1-8-4-9(2-3-14-8)17-13(19)18-10-5-11-12(15-6-10)20-7-16-11;1-2/h2-7H,1H3,(H2,14,17,18,19);1-2H3. The number of thiazole rings is 1. The van der Waals surface area contributed by atoms with Crippen LogP contribution in [0.3, 0.4) is 0 Å². The number of pyridine rings is 2. The topological polar surface area (TPSA) is 79.8 Å². The second kappa shape index (κ2) is 7.46. The van der Waals surface area contributed by atoms with E-state index in [2.05, 4.69) is 25.6 Å². The molecule has 2 N–H and O–H groups in total. The Hall–Kier alpha value is -2.54. The number of hydrogen-bond acceptors (Lipinski definition) is 5. The van der Waals surface area contributed by atoms with Gasteiger partial charge in [0.15, 0.2) is 0 Å². The summed E-state index contributed by atoms with van der Waals surface area (Å²) in [6.45, 7) is 5.86. The largest absolute Gasteiger partial charge is 0.323 e. The normalized spacial score (nSPS) is 9.77. The lowest BCUT2D eigenvalue weighted by Crippen LogP contribution is -2.19. The van der Waals surface area contributed by atoms with Crippen LogP contribution in [-0.2, 0) is 0 Å². The zero-order chi connectivity index (χ0) is 15.9. The molecule has 2 amide bonds. The Kier molecular flexibility index (Phi) is 5.37. The van der Waals surface area contributed by atoms with E-state index in [4.69, 9.17) is 0 Å². The predicted molar refractivity (Wildman–Crippen MR) is 90.4 cm³/mol. The number of amides is 2. The van der Waals surface area contributed by atoms with Crippen molar-refractivity contribution < 1.29 is 4.79 Å². The highest BCUT2D eigenvalue weighted by molar-refractivity contribution is 7.16. The zero-order valence-corrected chi connectivity index (χ0v) is 13.4. The maximum atomic E-state index is 11.9. The molecule has 0 aliphatic rings. The van der Waals surface area contributed by atoms with E-state index in [-0.39, 0.29) is 6.03 Å². The Morgan fingerprint density at radius 2 is 1.86 bits per heavy atom. The molecule has 0 atom stereocenters. The van der Waals surface area contributed by atoms with Crippen molar-refractivity contribution >= 4 is 39.1 Å². The molecular formula is C15H17N5OS. The molecule has 0 saturated heterocycles. The van der Waals surface area contributed by atoms with Gasteiger partial charge in [-0.1, -0.05) is 13.8 Å². The molecule has 3 aromatic rings. The smallest absolute Gasteiger partial charge is 0.308 e. The van der Waals surface area contributed by atoms with E-state index < -0.39 is 0 Å². The first-order valence-electron chi connectivity index (χ1n) is 6.90. The molecule has 0 saturated carbocycles. The molecule has 3 rings (SSSR count). The summed E-state index contributed by atoms with van der Waals surface area (Å²) in [7, 11) is 0. The quantitative estimate of drug-likeness (QED) is 0.747. The summed E-state index contributed by atoms with van der Waals surface area (Å²) < 4.78 is 0. The van der Waals surface area contributed by atoms with Crippen LogP contribution in [0.15, 0.2) is 36.1 Å². The van der Waals surface area contributed by atoms with Gasteiger partial charge in [-0.25, -0.2) is 14.8 Å². The fourth-order valence-corrected chi connectivity index (χ4v) is 2.35. The summed E-state index contributed by atoms with van der Waals surface area (Å²) in [5.41, 5.74) is 4.63. The Bertz CT molecular complexity index is 771. The SMILES string of the molecule is CC.Cc1cc(NC(=O)Nc2cnc3scnc3c2)ccn1. The van der Waals surface area contributed by atoms with Crippen LogP contribution in [0.1, 0.15) is 19.5 Å². The van der Waals surface area contributed by atoms with Crippen molar-refractivity contribution in [1.29, 1.82) is 0 Å². The van der Waals surface area contributed by atoms with E-state index in [0.29, 0.717) is 11.4 Å². The summed E-state index contributed by atoms with van der Waals surface area (Å²) in [6, 6.07) is 4.98. The van der Waals surface area contributed by atoms with Gasteiger partial charge in [-0.3, -0.25) is 4.98 Å². The van der Waals surface area contributed by atoms with E-state index in [1.54, 1.807) is 36.1 Å². The predicted octanol–water partition coefficient (Wildman–Crippen LogP) is 4.06. The number of fused-ring (bicyclic) bond motifs is 1. The van der Waals surface area contributed by atoms with Crippen molar-refractivity contribution in [3.63, 3.8) is 0 Å². The van der Waals surface area contributed by atoms with Crippen molar-refractivity contribution in [3.05, 3.63) is 41.8 Å². The molecule has 0 spiro atoms. The third-order valence-corrected chi connectivity index (χ3v) is 3.35. The van der Waals surface area contributed by atoms with Crippen LogP contribution in [0.5, 0.6) is 0 Å². The van der Waals surface area contributed by atoms with E-state index in [0.717, 1.165) is 16.0 Å². The molecule has 6 nitrogen and oxygen atoms in total. The van der Waals surface area contributed by atoms with Gasteiger partial charge in [-0.05, 0) is 25.1 Å². The van der Waals surface area contributed by atoms with Gasteiger partial charge >= 0.3 is 6.03 Å². The van der Waals surface area contributed by atoms with E-state index in [1.807, 2.05) is 20.8 Å². The molecule has 7 heteroatoms. The van der Waals surface area contributed by atoms with E-state index in [1.165, 1.54) is 11.3 Å². The average molecular weight is 315 g/mol. The van der Waals surface area contributed by atoms with Crippen molar-refractivity contribution in [3.8, 4) is 0 Å². The van der Waals surface area contributed by atoms with Crippen LogP contribution in [0.2, 0.25) is 0 Å². The Labute approximate surface area is 132 Å². The maximum Gasteiger partial charge on any atom is 0.323 e. The molecule has 22 heavy (non-hydrogen) atoms. The number of aryl methyl sites for hydroxylation is 1. The zero-order valence-electron chi connectivity index (χ0n) is 12.6. The molecule has 3 heterocycles. The van der Waals surface area contributed by atoms with Gasteiger partial charge in [0.2, 0.25) is 0 Å². The highest BCUT2D eigenvalue weighted by atomic mass is 32.1. The third kappa shape index (κ3) is 3.98. The van der Waals surface area contributed by atoms with Gasteiger partial charge in [0.1, 0.15) is 10.3 Å². The summed E-state index contributed by atoms with van der Waals surface area (Å²) in [6.07, 6.45) is 3.26. The van der Waals surface area contributed by atoms with Gasteiger partial charge in [-0.15, -0.1) is 11.3 Å². The monoisotopic (exact) mass is 315 g/mol. The number of carbonyl (C=O) groups is 1. The summed E-state index contributed by atoms with van der Waals surface area (Å²) >= 11 is 1.46. The molecule has 0 radical (unpaired) electrons. The average Bonchev–Trinajstić information content (AvgIpc) is 2.97. The molecule has 0 bridgehead atoms. The molecule has 0 aromatic carbocycles. The number of urea groups is 1. The summed E-state index contributed by atoms with van der Waals surface area (Å²) in [5, 5.41) is 5.46. The fraction of sp³-hybridized carbons (Fsp3) is 0.200. The number of nitrogens with zero attached hydrogens (tertiary/aromatic N) is 3. The molecular weight excluding hydrogens is 298 g/mol. The van der Waals surface area contributed by atoms with Crippen LogP contribution in [0.25, 0.3) is 10.3 Å². The lowest BCUT2D eigenvalue weighted by atomic mass is 10.3. The lowest BCUT2D eigenvalue weighted by Gasteiger charge is -2.07. The van der Waals surface area contributed by atoms with Crippen LogP contribution >= 0.6 is 11.3 Å². The second-order valence-corrected chi connectivity index (χ2v) is 5.00. The summed E-state index contributed by atoms with van der Waals surface area (Å²) in [4.78, 5) is 25.2. The van der Waals surface area contributed by atoms with Crippen LogP contribution in [-0.4, -0.2) is 21.0 Å². The van der Waals surface area contributed by atoms with Gasteiger partial charge in [-0.2, -0.15) is 0 Å². The van der Waals surface area contributed by atoms with E-state index in [9.17, 15) is 4.79 Å². The van der Waals surface area contributed by atoms with Gasteiger partial charge in [0, 0.05) is 17.6 Å². The minimum atomic E-state index is -0.327. The Morgan fingerprint density at radius 1 is 1.09 bits per heavy atom. The van der Waals surface area contributed by atoms with Crippen molar-refractivity contribution in [2.24, 2.45) is 0 Å². The van der Waals surface area contributed by atoms with E-state index >= 15 is 0 Å². The molecule has 0 aliphatic carbocycles. The third-order valence-electron chi connectivity index (χ3n) is 2.60. The van der Waals surface area contributed by atoms with Gasteiger partial charge in [0.05, 0.1) is 17.4 Å². The number of carbonyl (C=O) groups excluding carboxylic acids is 1. The Morgan fingerprint density at radius 3 is 2.64 bits per heavy atom. The van der Waals surface area contributed by atoms with Crippen LogP contribution in [0, 0.1) is 6.92 Å². The molecule has 0 aliphatic heterocycles. The second-order valence-electron chi connectivity index (χ2n) is 4.17. The number of rotatable bonds is 2. The van der Waals surface area contributed by atoms with Crippen molar-refractivity contribution in [1.82, 2.24) is 15.0 Å². The maximum absolute atomic E-state index is 11.9. The molecule has 114 valence electrons. The number of anilines is 2. The number of nitrogens with one attached hydrogen (secondary N) is 2. The highest BCUT2D eigenvalue weighted by Crippen LogP contribution is 2.18.